The molecule has 128 valence electrons. The maximum absolute atomic E-state index is 11.2. The van der Waals surface area contributed by atoms with Crippen LogP contribution in [-0.4, -0.2) is 34.9 Å². The van der Waals surface area contributed by atoms with E-state index in [0.717, 1.165) is 19.5 Å². The van der Waals surface area contributed by atoms with Crippen LogP contribution in [0.1, 0.15) is 36.2 Å². The quantitative estimate of drug-likeness (QED) is 0.638. The number of piperidine rings is 1. The number of carbonyl (C=O) groups excluding carboxylic acids is 1. The van der Waals surface area contributed by atoms with Crippen LogP contribution >= 0.6 is 12.4 Å². The predicted octanol–water partition coefficient (Wildman–Crippen LogP) is 1.67. The van der Waals surface area contributed by atoms with Crippen LogP contribution in [0, 0.1) is 15.5 Å². The summed E-state index contributed by atoms with van der Waals surface area (Å²) in [6.45, 7) is 6.26. The van der Waals surface area contributed by atoms with Crippen molar-refractivity contribution in [3.05, 3.63) is 39.4 Å². The zero-order valence-corrected chi connectivity index (χ0v) is 14.1. The Bertz CT molecular complexity index is 606. The molecule has 1 atom stereocenters. The van der Waals surface area contributed by atoms with Gasteiger partial charge in [-0.3, -0.25) is 19.8 Å². The van der Waals surface area contributed by atoms with Crippen LogP contribution in [0.5, 0.6) is 0 Å². The van der Waals surface area contributed by atoms with E-state index in [1.165, 1.54) is 12.1 Å². The SMILES string of the molecule is CC1(C)CN(Cc2ccc(C(N)=O)cc2[N+](=O)[O-])CCC1N.Cl. The van der Waals surface area contributed by atoms with Gasteiger partial charge in [0.05, 0.1) is 4.92 Å². The minimum absolute atomic E-state index is 0. The van der Waals surface area contributed by atoms with Crippen molar-refractivity contribution in [3.63, 3.8) is 0 Å². The van der Waals surface area contributed by atoms with Gasteiger partial charge in [-0.25, -0.2) is 0 Å². The predicted molar refractivity (Wildman–Crippen MR) is 90.5 cm³/mol. The molecule has 0 aliphatic carbocycles. The molecule has 1 heterocycles. The summed E-state index contributed by atoms with van der Waals surface area (Å²) >= 11 is 0. The molecule has 1 aliphatic heterocycles. The van der Waals surface area contributed by atoms with Gasteiger partial charge in [0.25, 0.3) is 5.69 Å². The normalized spacial score (nSPS) is 20.6. The molecule has 0 radical (unpaired) electrons. The van der Waals surface area contributed by atoms with Gasteiger partial charge in [-0.05, 0) is 17.9 Å². The second-order valence-electron chi connectivity index (χ2n) is 6.56. The highest BCUT2D eigenvalue weighted by atomic mass is 35.5. The molecule has 2 rings (SSSR count). The molecule has 23 heavy (non-hydrogen) atoms. The standard InChI is InChI=1S/C15H22N4O3.ClH/c1-15(2)9-18(6-5-13(15)16)8-11-4-3-10(14(17)20)7-12(11)19(21)22;/h3-4,7,13H,5-6,8-9,16H2,1-2H3,(H2,17,20);1H. The molecule has 1 amide bonds. The van der Waals surface area contributed by atoms with E-state index in [2.05, 4.69) is 18.7 Å². The number of likely N-dealkylation sites (tertiary alicyclic amines) is 1. The maximum Gasteiger partial charge on any atom is 0.274 e. The monoisotopic (exact) mass is 342 g/mol. The summed E-state index contributed by atoms with van der Waals surface area (Å²) in [5, 5.41) is 11.2. The molecule has 1 saturated heterocycles. The Labute approximate surface area is 141 Å². The van der Waals surface area contributed by atoms with Gasteiger partial charge in [-0.1, -0.05) is 19.9 Å². The molecule has 7 nitrogen and oxygen atoms in total. The zero-order valence-electron chi connectivity index (χ0n) is 13.3. The Morgan fingerprint density at radius 2 is 2.13 bits per heavy atom. The number of hydrogen-bond donors (Lipinski definition) is 2. The molecule has 1 aromatic carbocycles. The van der Waals surface area contributed by atoms with Gasteiger partial charge in [0, 0.05) is 42.9 Å². The number of nitrogens with two attached hydrogens (primary N) is 2. The molecule has 1 fully saturated rings. The summed E-state index contributed by atoms with van der Waals surface area (Å²) in [7, 11) is 0. The summed E-state index contributed by atoms with van der Waals surface area (Å²) < 4.78 is 0. The van der Waals surface area contributed by atoms with Crippen molar-refractivity contribution in [2.45, 2.75) is 32.9 Å². The van der Waals surface area contributed by atoms with E-state index < -0.39 is 10.8 Å². The van der Waals surface area contributed by atoms with Gasteiger partial charge in [-0.2, -0.15) is 0 Å². The first-order valence-corrected chi connectivity index (χ1v) is 7.26. The van der Waals surface area contributed by atoms with Crippen molar-refractivity contribution in [2.24, 2.45) is 16.9 Å². The van der Waals surface area contributed by atoms with Crippen LogP contribution in [0.25, 0.3) is 0 Å². The number of nitro groups is 1. The Hall–Kier alpha value is -1.70. The number of carbonyl (C=O) groups is 1. The molecule has 0 aromatic heterocycles. The molecular formula is C15H23ClN4O3. The largest absolute Gasteiger partial charge is 0.366 e. The van der Waals surface area contributed by atoms with Crippen molar-refractivity contribution in [1.82, 2.24) is 4.90 Å². The van der Waals surface area contributed by atoms with E-state index >= 15 is 0 Å². The lowest BCUT2D eigenvalue weighted by molar-refractivity contribution is -0.385. The van der Waals surface area contributed by atoms with Gasteiger partial charge in [-0.15, -0.1) is 12.4 Å². The summed E-state index contributed by atoms with van der Waals surface area (Å²) in [5.41, 5.74) is 11.9. The van der Waals surface area contributed by atoms with Crippen molar-refractivity contribution in [2.75, 3.05) is 13.1 Å². The smallest absolute Gasteiger partial charge is 0.274 e. The fourth-order valence-electron chi connectivity index (χ4n) is 2.88. The van der Waals surface area contributed by atoms with E-state index in [-0.39, 0.29) is 35.1 Å². The van der Waals surface area contributed by atoms with E-state index in [1.807, 2.05) is 0 Å². The maximum atomic E-state index is 11.2. The van der Waals surface area contributed by atoms with Gasteiger partial charge in [0.2, 0.25) is 5.91 Å². The lowest BCUT2D eigenvalue weighted by Gasteiger charge is -2.42. The van der Waals surface area contributed by atoms with E-state index in [9.17, 15) is 14.9 Å². The van der Waals surface area contributed by atoms with Crippen LogP contribution < -0.4 is 11.5 Å². The minimum atomic E-state index is -0.667. The average Bonchev–Trinajstić information content (AvgIpc) is 2.42. The molecule has 8 heteroatoms. The van der Waals surface area contributed by atoms with Crippen LogP contribution in [0.4, 0.5) is 5.69 Å². The molecule has 1 unspecified atom stereocenters. The van der Waals surface area contributed by atoms with E-state index in [1.54, 1.807) is 6.07 Å². The number of rotatable bonds is 4. The fraction of sp³-hybridized carbons (Fsp3) is 0.533. The number of nitro benzene ring substituents is 1. The fourth-order valence-corrected chi connectivity index (χ4v) is 2.88. The first kappa shape index (κ1) is 19.3. The minimum Gasteiger partial charge on any atom is -0.366 e. The Morgan fingerprint density at radius 1 is 1.48 bits per heavy atom. The zero-order chi connectivity index (χ0) is 16.5. The van der Waals surface area contributed by atoms with Crippen LogP contribution in [0.3, 0.4) is 0 Å². The highest BCUT2D eigenvalue weighted by Gasteiger charge is 2.34. The molecule has 1 aliphatic rings. The Kier molecular flexibility index (Phi) is 6.10. The topological polar surface area (TPSA) is 115 Å². The Morgan fingerprint density at radius 3 is 2.65 bits per heavy atom. The first-order chi connectivity index (χ1) is 10.2. The number of amides is 1. The third-order valence-electron chi connectivity index (χ3n) is 4.35. The molecular weight excluding hydrogens is 320 g/mol. The Balaban J connectivity index is 0.00000264. The molecule has 4 N–H and O–H groups in total. The van der Waals surface area contributed by atoms with Gasteiger partial charge in [0.1, 0.15) is 0 Å². The molecule has 0 saturated carbocycles. The number of halogens is 1. The molecule has 1 aromatic rings. The second-order valence-corrected chi connectivity index (χ2v) is 6.56. The van der Waals surface area contributed by atoms with Crippen molar-refractivity contribution < 1.29 is 9.72 Å². The van der Waals surface area contributed by atoms with Crippen LogP contribution in [0.2, 0.25) is 0 Å². The van der Waals surface area contributed by atoms with E-state index in [0.29, 0.717) is 12.1 Å². The highest BCUT2D eigenvalue weighted by Crippen LogP contribution is 2.30. The summed E-state index contributed by atoms with van der Waals surface area (Å²) in [5.74, 6) is -0.667. The van der Waals surface area contributed by atoms with Crippen molar-refractivity contribution in [1.29, 1.82) is 0 Å². The van der Waals surface area contributed by atoms with Crippen molar-refractivity contribution >= 4 is 24.0 Å². The number of benzene rings is 1. The second kappa shape index (κ2) is 7.25. The van der Waals surface area contributed by atoms with Gasteiger partial charge < -0.3 is 11.5 Å². The summed E-state index contributed by atoms with van der Waals surface area (Å²) in [6.07, 6.45) is 0.861. The lowest BCUT2D eigenvalue weighted by atomic mass is 9.79. The summed E-state index contributed by atoms with van der Waals surface area (Å²) in [6, 6.07) is 4.53. The number of primary amides is 1. The lowest BCUT2D eigenvalue weighted by Crippen LogP contribution is -2.52. The van der Waals surface area contributed by atoms with E-state index in [4.69, 9.17) is 11.5 Å². The van der Waals surface area contributed by atoms with Gasteiger partial charge in [0.15, 0.2) is 0 Å². The highest BCUT2D eigenvalue weighted by molar-refractivity contribution is 5.93. The third-order valence-corrected chi connectivity index (χ3v) is 4.35. The summed E-state index contributed by atoms with van der Waals surface area (Å²) in [4.78, 5) is 24.1. The molecule has 0 spiro atoms. The first-order valence-electron chi connectivity index (χ1n) is 7.26. The average molecular weight is 343 g/mol. The van der Waals surface area contributed by atoms with Crippen molar-refractivity contribution in [3.8, 4) is 0 Å². The van der Waals surface area contributed by atoms with Crippen LogP contribution in [0.15, 0.2) is 18.2 Å². The van der Waals surface area contributed by atoms with Gasteiger partial charge >= 0.3 is 0 Å². The number of nitrogens with zero attached hydrogens (tertiary/aromatic N) is 2. The third kappa shape index (κ3) is 4.40. The van der Waals surface area contributed by atoms with Crippen LogP contribution in [-0.2, 0) is 6.54 Å². The number of hydrogen-bond acceptors (Lipinski definition) is 5. The molecule has 0 bridgehead atoms.